The number of benzene rings is 1. The summed E-state index contributed by atoms with van der Waals surface area (Å²) >= 11 is 0. The third kappa shape index (κ3) is 2.18. The molecule has 0 bridgehead atoms. The average molecular weight is 242 g/mol. The third-order valence-electron chi connectivity index (χ3n) is 3.82. The van der Waals surface area contributed by atoms with Crippen LogP contribution in [0.4, 0.5) is 0 Å². The van der Waals surface area contributed by atoms with E-state index in [1.54, 1.807) is 0 Å². The Labute approximate surface area is 107 Å². The van der Waals surface area contributed by atoms with Crippen molar-refractivity contribution in [2.24, 2.45) is 5.92 Å². The van der Waals surface area contributed by atoms with Gasteiger partial charge < -0.3 is 10.3 Å². The summed E-state index contributed by atoms with van der Waals surface area (Å²) in [7, 11) is 0. The minimum Gasteiger partial charge on any atom is -0.360 e. The van der Waals surface area contributed by atoms with E-state index in [2.05, 4.69) is 10.3 Å². The van der Waals surface area contributed by atoms with Crippen LogP contribution in [0.25, 0.3) is 10.9 Å². The van der Waals surface area contributed by atoms with Crippen molar-refractivity contribution in [2.75, 3.05) is 13.1 Å². The first kappa shape index (κ1) is 11.5. The first-order chi connectivity index (χ1) is 8.84. The summed E-state index contributed by atoms with van der Waals surface area (Å²) < 4.78 is 0. The van der Waals surface area contributed by atoms with Crippen molar-refractivity contribution in [3.63, 3.8) is 0 Å². The maximum atomic E-state index is 12.3. The van der Waals surface area contributed by atoms with Crippen LogP contribution in [0.15, 0.2) is 30.5 Å². The lowest BCUT2D eigenvalue weighted by atomic mass is 9.90. The van der Waals surface area contributed by atoms with Gasteiger partial charge >= 0.3 is 0 Å². The number of fused-ring (bicyclic) bond motifs is 1. The summed E-state index contributed by atoms with van der Waals surface area (Å²) in [6.07, 6.45) is 4.78. The Morgan fingerprint density at radius 3 is 2.83 bits per heavy atom. The van der Waals surface area contributed by atoms with Crippen molar-refractivity contribution in [1.82, 2.24) is 10.3 Å². The van der Waals surface area contributed by atoms with E-state index in [0.717, 1.165) is 42.4 Å². The zero-order chi connectivity index (χ0) is 12.4. The summed E-state index contributed by atoms with van der Waals surface area (Å²) in [5.74, 6) is 0.826. The van der Waals surface area contributed by atoms with Gasteiger partial charge in [0.15, 0.2) is 5.78 Å². The molecule has 2 aromatic rings. The van der Waals surface area contributed by atoms with Gasteiger partial charge in [0.2, 0.25) is 0 Å². The Hall–Kier alpha value is -1.61. The van der Waals surface area contributed by atoms with Gasteiger partial charge in [-0.05, 0) is 37.9 Å². The van der Waals surface area contributed by atoms with Crippen molar-refractivity contribution >= 4 is 16.7 Å². The summed E-state index contributed by atoms with van der Waals surface area (Å²) in [5.41, 5.74) is 1.90. The Bertz CT molecular complexity index is 552. The second kappa shape index (κ2) is 4.94. The van der Waals surface area contributed by atoms with E-state index in [9.17, 15) is 4.79 Å². The zero-order valence-electron chi connectivity index (χ0n) is 10.4. The third-order valence-corrected chi connectivity index (χ3v) is 3.82. The van der Waals surface area contributed by atoms with Gasteiger partial charge in [-0.25, -0.2) is 0 Å². The first-order valence-electron chi connectivity index (χ1n) is 6.64. The maximum absolute atomic E-state index is 12.3. The molecule has 2 N–H and O–H groups in total. The van der Waals surface area contributed by atoms with E-state index in [-0.39, 0.29) is 5.78 Å². The van der Waals surface area contributed by atoms with E-state index in [0.29, 0.717) is 12.3 Å². The fourth-order valence-electron chi connectivity index (χ4n) is 2.76. The molecule has 0 atom stereocenters. The molecule has 0 saturated carbocycles. The molecule has 0 unspecified atom stereocenters. The van der Waals surface area contributed by atoms with Gasteiger partial charge in [0.25, 0.3) is 0 Å². The molecule has 1 fully saturated rings. The number of rotatable bonds is 3. The molecular weight excluding hydrogens is 224 g/mol. The topological polar surface area (TPSA) is 44.9 Å². The fraction of sp³-hybridized carbons (Fsp3) is 0.400. The van der Waals surface area contributed by atoms with Gasteiger partial charge in [0.1, 0.15) is 0 Å². The van der Waals surface area contributed by atoms with Crippen molar-refractivity contribution < 1.29 is 4.79 Å². The Balaban J connectivity index is 1.79. The lowest BCUT2D eigenvalue weighted by molar-refractivity contribution is 0.0954. The van der Waals surface area contributed by atoms with E-state index in [4.69, 9.17) is 0 Å². The van der Waals surface area contributed by atoms with Gasteiger partial charge in [-0.15, -0.1) is 0 Å². The molecule has 1 aromatic heterocycles. The van der Waals surface area contributed by atoms with Crippen LogP contribution < -0.4 is 5.32 Å². The van der Waals surface area contributed by atoms with Crippen molar-refractivity contribution in [3.8, 4) is 0 Å². The number of para-hydroxylation sites is 1. The second-order valence-corrected chi connectivity index (χ2v) is 5.07. The highest BCUT2D eigenvalue weighted by atomic mass is 16.1. The number of ketones is 1. The molecule has 3 rings (SSSR count). The monoisotopic (exact) mass is 242 g/mol. The van der Waals surface area contributed by atoms with Crippen LogP contribution in [0.5, 0.6) is 0 Å². The van der Waals surface area contributed by atoms with Crippen LogP contribution in [-0.2, 0) is 0 Å². The van der Waals surface area contributed by atoms with E-state index >= 15 is 0 Å². The lowest BCUT2D eigenvalue weighted by Crippen LogP contribution is -2.28. The number of hydrogen-bond donors (Lipinski definition) is 2. The summed E-state index contributed by atoms with van der Waals surface area (Å²) in [6.45, 7) is 2.09. The van der Waals surface area contributed by atoms with Crippen LogP contribution in [0.3, 0.4) is 0 Å². The summed E-state index contributed by atoms with van der Waals surface area (Å²) in [4.78, 5) is 15.5. The molecule has 2 heterocycles. The highest BCUT2D eigenvalue weighted by Gasteiger charge is 2.19. The maximum Gasteiger partial charge on any atom is 0.165 e. The summed E-state index contributed by atoms with van der Waals surface area (Å²) in [6, 6.07) is 8.00. The van der Waals surface area contributed by atoms with Crippen molar-refractivity contribution in [3.05, 3.63) is 36.0 Å². The molecule has 0 aliphatic carbocycles. The van der Waals surface area contributed by atoms with Crippen molar-refractivity contribution in [1.29, 1.82) is 0 Å². The van der Waals surface area contributed by atoms with Crippen LogP contribution >= 0.6 is 0 Å². The Morgan fingerprint density at radius 1 is 1.22 bits per heavy atom. The molecule has 18 heavy (non-hydrogen) atoms. The molecule has 0 spiro atoms. The Morgan fingerprint density at radius 2 is 2.00 bits per heavy atom. The molecule has 0 radical (unpaired) electrons. The van der Waals surface area contributed by atoms with E-state index < -0.39 is 0 Å². The number of nitrogens with one attached hydrogen (secondary N) is 2. The minimum absolute atomic E-state index is 0.277. The van der Waals surface area contributed by atoms with Crippen LogP contribution in [0.2, 0.25) is 0 Å². The molecule has 0 amide bonds. The highest BCUT2D eigenvalue weighted by molar-refractivity contribution is 6.07. The Kier molecular flexibility index (Phi) is 3.15. The van der Waals surface area contributed by atoms with E-state index in [1.807, 2.05) is 30.5 Å². The molecule has 1 saturated heterocycles. The summed E-state index contributed by atoms with van der Waals surface area (Å²) in [5, 5.41) is 4.39. The molecule has 1 aliphatic heterocycles. The number of hydrogen-bond acceptors (Lipinski definition) is 2. The van der Waals surface area contributed by atoms with Gasteiger partial charge in [-0.3, -0.25) is 4.79 Å². The van der Waals surface area contributed by atoms with E-state index in [1.165, 1.54) is 0 Å². The van der Waals surface area contributed by atoms with Gasteiger partial charge in [-0.1, -0.05) is 18.2 Å². The predicted molar refractivity (Wildman–Crippen MR) is 72.8 cm³/mol. The number of carbonyl (C=O) groups is 1. The number of Topliss-reactive ketones (excluding diaryl/α,β-unsaturated/α-hetero) is 1. The molecule has 1 aliphatic rings. The van der Waals surface area contributed by atoms with Gasteiger partial charge in [-0.2, -0.15) is 0 Å². The number of aromatic amines is 1. The molecule has 3 heteroatoms. The number of piperidine rings is 1. The molecule has 94 valence electrons. The number of H-pyrrole nitrogens is 1. The van der Waals surface area contributed by atoms with Gasteiger partial charge in [0, 0.05) is 29.1 Å². The van der Waals surface area contributed by atoms with Crippen LogP contribution in [0.1, 0.15) is 29.6 Å². The SMILES string of the molecule is O=C(CC1CCNCC1)c1c[nH]c2ccccc12. The standard InChI is InChI=1S/C15H18N2O/c18-15(9-11-5-7-16-8-6-11)13-10-17-14-4-2-1-3-12(13)14/h1-4,10-11,16-17H,5-9H2. The van der Waals surface area contributed by atoms with Crippen LogP contribution in [-0.4, -0.2) is 23.9 Å². The number of aromatic nitrogens is 1. The normalized spacial score (nSPS) is 17.1. The first-order valence-corrected chi connectivity index (χ1v) is 6.64. The van der Waals surface area contributed by atoms with Gasteiger partial charge in [0.05, 0.1) is 0 Å². The second-order valence-electron chi connectivity index (χ2n) is 5.07. The molecule has 3 nitrogen and oxygen atoms in total. The highest BCUT2D eigenvalue weighted by Crippen LogP contribution is 2.23. The van der Waals surface area contributed by atoms with Crippen molar-refractivity contribution in [2.45, 2.75) is 19.3 Å². The quantitative estimate of drug-likeness (QED) is 0.813. The smallest absolute Gasteiger partial charge is 0.165 e. The fourth-order valence-corrected chi connectivity index (χ4v) is 2.76. The van der Waals surface area contributed by atoms with Crippen LogP contribution in [0, 0.1) is 5.92 Å². The lowest BCUT2D eigenvalue weighted by Gasteiger charge is -2.21. The molecular formula is C15H18N2O. The molecule has 1 aromatic carbocycles. The largest absolute Gasteiger partial charge is 0.360 e. The average Bonchev–Trinajstić information content (AvgIpc) is 2.84. The zero-order valence-corrected chi connectivity index (χ0v) is 10.4. The predicted octanol–water partition coefficient (Wildman–Crippen LogP) is 2.74. The minimum atomic E-state index is 0.277. The number of carbonyl (C=O) groups excluding carboxylic acids is 1.